The molecule has 0 aliphatic carbocycles. The number of rotatable bonds is 0. The lowest BCUT2D eigenvalue weighted by molar-refractivity contribution is 1.34. The maximum Gasteiger partial charge on any atom is 0.254 e. The first-order valence-corrected chi connectivity index (χ1v) is 6.15. The predicted octanol–water partition coefficient (Wildman–Crippen LogP) is 3.13. The van der Waals surface area contributed by atoms with Crippen LogP contribution >= 0.6 is 23.3 Å². The smallest absolute Gasteiger partial charge is 0.00237 e. The van der Waals surface area contributed by atoms with Gasteiger partial charge in [-0.1, -0.05) is 0 Å². The highest BCUT2D eigenvalue weighted by molar-refractivity contribution is 8.34. The summed E-state index contributed by atoms with van der Waals surface area (Å²) in [7, 11) is 3.90. The molecule has 0 N–H and O–H groups in total. The predicted molar refractivity (Wildman–Crippen MR) is 39.8 cm³/mol. The average Bonchev–Trinajstić information content (AvgIpc) is 2.10. The minimum absolute atomic E-state index is 0.482. The fraction of sp³-hybridized carbons (Fsp3) is 0.750. The van der Waals surface area contributed by atoms with Crippen LogP contribution in [0.4, 0.5) is 0 Å². The molecule has 2 atom stereocenters. The first kappa shape index (κ1) is 4.63. The molecule has 0 saturated heterocycles. The summed E-state index contributed by atoms with van der Waals surface area (Å²) in [4.78, 5) is 0. The second-order valence-electron chi connectivity index (χ2n) is 2.04. The van der Waals surface area contributed by atoms with Gasteiger partial charge in [0.15, 0.2) is 20.1 Å². The largest absolute Gasteiger partial charge is 0.254 e. The standard InChI is InChI=1S/C4H6P3/c1-3-5-4(2)6-7(3)4/h1-2H3/q+1. The van der Waals surface area contributed by atoms with Crippen molar-refractivity contribution in [2.75, 3.05) is 0 Å². The van der Waals surface area contributed by atoms with Crippen molar-refractivity contribution in [3.63, 3.8) is 0 Å². The van der Waals surface area contributed by atoms with Crippen LogP contribution in [0.15, 0.2) is 0 Å². The molecular formula is C4H6P3+. The Bertz CT molecular complexity index is 191. The lowest BCUT2D eigenvalue weighted by atomic mass is 10.9. The van der Waals surface area contributed by atoms with Crippen molar-refractivity contribution in [1.29, 1.82) is 0 Å². The van der Waals surface area contributed by atoms with E-state index in [0.717, 1.165) is 4.64 Å². The molecule has 0 spiro atoms. The second kappa shape index (κ2) is 1.03. The summed E-state index contributed by atoms with van der Waals surface area (Å²) in [5.74, 6) is 0. The van der Waals surface area contributed by atoms with Crippen LogP contribution in [-0.2, 0) is 0 Å². The summed E-state index contributed by atoms with van der Waals surface area (Å²) in [5, 5.41) is 1.78. The zero-order chi connectivity index (χ0) is 5.07. The Kier molecular flexibility index (Phi) is 0.683. The molecule has 0 aromatic rings. The molecule has 2 aliphatic heterocycles. The summed E-state index contributed by atoms with van der Waals surface area (Å²) >= 11 is 0. The molecular weight excluding hydrogens is 141 g/mol. The zero-order valence-corrected chi connectivity index (χ0v) is 7.02. The van der Waals surface area contributed by atoms with Crippen LogP contribution in [0.2, 0.25) is 0 Å². The quantitative estimate of drug-likeness (QED) is 0.461. The topological polar surface area (TPSA) is 0 Å². The van der Waals surface area contributed by atoms with Crippen molar-refractivity contribution in [3.05, 3.63) is 0 Å². The molecule has 0 aromatic heterocycles. The summed E-state index contributed by atoms with van der Waals surface area (Å²) in [6, 6.07) is 0. The summed E-state index contributed by atoms with van der Waals surface area (Å²) < 4.78 is 0.833. The van der Waals surface area contributed by atoms with Crippen molar-refractivity contribution >= 4 is 28.3 Å². The molecule has 0 saturated carbocycles. The van der Waals surface area contributed by atoms with E-state index in [4.69, 9.17) is 0 Å². The molecule has 0 aromatic carbocycles. The molecule has 2 aliphatic rings. The molecule has 7 heavy (non-hydrogen) atoms. The highest BCUT2D eigenvalue weighted by atomic mass is 31.8. The maximum absolute atomic E-state index is 2.40. The number of hydrogen-bond donors (Lipinski definition) is 0. The van der Waals surface area contributed by atoms with E-state index in [1.807, 2.05) is 0 Å². The fourth-order valence-corrected chi connectivity index (χ4v) is 10.6. The SMILES string of the molecule is CC1=PC2(C)P=[P+]12. The Morgan fingerprint density at radius 3 is 2.43 bits per heavy atom. The van der Waals surface area contributed by atoms with Crippen molar-refractivity contribution in [1.82, 2.24) is 0 Å². The van der Waals surface area contributed by atoms with Crippen molar-refractivity contribution in [2.45, 2.75) is 18.5 Å². The van der Waals surface area contributed by atoms with Crippen LogP contribution in [-0.4, -0.2) is 9.67 Å². The van der Waals surface area contributed by atoms with Gasteiger partial charge < -0.3 is 0 Å². The Hall–Kier alpha value is 0.770. The first-order valence-electron chi connectivity index (χ1n) is 2.32. The van der Waals surface area contributed by atoms with Gasteiger partial charge >= 0.3 is 0 Å². The van der Waals surface area contributed by atoms with E-state index >= 15 is 0 Å². The highest BCUT2D eigenvalue weighted by Gasteiger charge is 2.64. The molecule has 0 fully saturated rings. The summed E-state index contributed by atoms with van der Waals surface area (Å²) in [6.45, 7) is 4.70. The third-order valence-corrected chi connectivity index (χ3v) is 11.7. The molecule has 0 amide bonds. The van der Waals surface area contributed by atoms with Crippen molar-refractivity contribution < 1.29 is 0 Å². The number of hydrogen-bond acceptors (Lipinski definition) is 0. The minimum atomic E-state index is 0.482. The van der Waals surface area contributed by atoms with Crippen LogP contribution < -0.4 is 0 Å². The Labute approximate surface area is 47.5 Å². The normalized spacial score (nSPS) is 52.9. The maximum atomic E-state index is 2.40. The Balaban J connectivity index is 2.45. The van der Waals surface area contributed by atoms with Crippen molar-refractivity contribution in [3.8, 4) is 0 Å². The van der Waals surface area contributed by atoms with Gasteiger partial charge in [0, 0.05) is 22.1 Å². The van der Waals surface area contributed by atoms with Gasteiger partial charge in [-0.2, -0.15) is 0 Å². The molecule has 2 rings (SSSR count). The van der Waals surface area contributed by atoms with E-state index in [9.17, 15) is 0 Å². The highest BCUT2D eigenvalue weighted by Crippen LogP contribution is 2.86. The monoisotopic (exact) mass is 147 g/mol. The summed E-state index contributed by atoms with van der Waals surface area (Å²) in [5.41, 5.74) is 0. The molecule has 2 unspecified atom stereocenters. The van der Waals surface area contributed by atoms with Gasteiger partial charge in [-0.15, -0.1) is 0 Å². The van der Waals surface area contributed by atoms with E-state index in [2.05, 4.69) is 13.8 Å². The van der Waals surface area contributed by atoms with Gasteiger partial charge in [0.05, 0.1) is 0 Å². The van der Waals surface area contributed by atoms with Crippen LogP contribution in [0, 0.1) is 0 Å². The minimum Gasteiger partial charge on any atom is 0.00237 e. The van der Waals surface area contributed by atoms with Crippen LogP contribution in [0.5, 0.6) is 0 Å². The van der Waals surface area contributed by atoms with E-state index in [-0.39, 0.29) is 0 Å². The lowest BCUT2D eigenvalue weighted by Gasteiger charge is -1.99. The van der Waals surface area contributed by atoms with Crippen LogP contribution in [0.1, 0.15) is 13.8 Å². The van der Waals surface area contributed by atoms with Gasteiger partial charge in [-0.25, -0.2) is 0 Å². The van der Waals surface area contributed by atoms with Crippen LogP contribution in [0.3, 0.4) is 0 Å². The van der Waals surface area contributed by atoms with E-state index in [0.29, 0.717) is 7.21 Å². The van der Waals surface area contributed by atoms with Crippen molar-refractivity contribution in [2.24, 2.45) is 0 Å². The summed E-state index contributed by atoms with van der Waals surface area (Å²) in [6.07, 6.45) is 0. The Morgan fingerprint density at radius 1 is 1.71 bits per heavy atom. The average molecular weight is 147 g/mol. The van der Waals surface area contributed by atoms with Gasteiger partial charge in [0.25, 0.3) is 4.64 Å². The van der Waals surface area contributed by atoms with E-state index < -0.39 is 0 Å². The Morgan fingerprint density at radius 2 is 2.43 bits per heavy atom. The van der Waals surface area contributed by atoms with E-state index in [1.54, 1.807) is 21.1 Å². The van der Waals surface area contributed by atoms with Gasteiger partial charge in [-0.3, -0.25) is 0 Å². The lowest BCUT2D eigenvalue weighted by Crippen LogP contribution is -1.99. The second-order valence-corrected chi connectivity index (χ2v) is 10.3. The van der Waals surface area contributed by atoms with E-state index in [1.165, 1.54) is 0 Å². The van der Waals surface area contributed by atoms with Crippen LogP contribution in [0.25, 0.3) is 0 Å². The van der Waals surface area contributed by atoms with Gasteiger partial charge in [0.1, 0.15) is 0 Å². The molecule has 0 bridgehead atoms. The number of fused-ring (bicyclic) bond motifs is 1. The third kappa shape index (κ3) is 0.437. The molecule has 3 heteroatoms. The third-order valence-electron chi connectivity index (χ3n) is 1.33. The molecule has 0 radical (unpaired) electrons. The van der Waals surface area contributed by atoms with Gasteiger partial charge in [-0.05, 0) is 0 Å². The molecule has 2 heterocycles. The van der Waals surface area contributed by atoms with Gasteiger partial charge in [0.2, 0.25) is 0 Å². The molecule has 36 valence electrons. The molecule has 0 nitrogen and oxygen atoms in total. The fourth-order valence-electron chi connectivity index (χ4n) is 0.925. The zero-order valence-electron chi connectivity index (χ0n) is 4.34. The first-order chi connectivity index (χ1) is 3.22.